The van der Waals surface area contributed by atoms with Crippen LogP contribution in [0.1, 0.15) is 12.8 Å². The number of methoxy groups -OCH3 is 1. The van der Waals surface area contributed by atoms with Gasteiger partial charge in [0.15, 0.2) is 0 Å². The van der Waals surface area contributed by atoms with Gasteiger partial charge < -0.3 is 9.64 Å². The molecule has 1 aromatic carbocycles. The summed E-state index contributed by atoms with van der Waals surface area (Å²) in [5, 5.41) is 0. The summed E-state index contributed by atoms with van der Waals surface area (Å²) < 4.78 is 32.4. The van der Waals surface area contributed by atoms with Crippen LogP contribution in [0.4, 0.5) is 0 Å². The number of carbonyl (C=O) groups is 1. The molecule has 1 saturated heterocycles. The zero-order chi connectivity index (χ0) is 17.6. The predicted octanol–water partition coefficient (Wildman–Crippen LogP) is 1.58. The molecule has 0 saturated carbocycles. The fraction of sp³-hybridized carbons (Fsp3) is 0.562. The van der Waals surface area contributed by atoms with Gasteiger partial charge >= 0.3 is 0 Å². The number of amides is 1. The van der Waals surface area contributed by atoms with Crippen LogP contribution in [-0.2, 0) is 14.8 Å². The molecule has 24 heavy (non-hydrogen) atoms. The Labute approximate surface area is 148 Å². The van der Waals surface area contributed by atoms with Gasteiger partial charge in [0.1, 0.15) is 5.75 Å². The van der Waals surface area contributed by atoms with E-state index in [-0.39, 0.29) is 16.7 Å². The molecule has 0 unspecified atom stereocenters. The zero-order valence-corrected chi connectivity index (χ0v) is 15.7. The molecule has 0 radical (unpaired) electrons. The summed E-state index contributed by atoms with van der Waals surface area (Å²) in [7, 11) is -2.01. The molecule has 1 amide bonds. The minimum atomic E-state index is -3.55. The Morgan fingerprint density at radius 1 is 1.38 bits per heavy atom. The molecule has 134 valence electrons. The minimum absolute atomic E-state index is 0.130. The van der Waals surface area contributed by atoms with Crippen LogP contribution in [-0.4, -0.2) is 58.0 Å². The van der Waals surface area contributed by atoms with E-state index in [1.54, 1.807) is 12.1 Å². The van der Waals surface area contributed by atoms with Crippen molar-refractivity contribution in [2.75, 3.05) is 38.8 Å². The number of rotatable bonds is 7. The van der Waals surface area contributed by atoms with Crippen molar-refractivity contribution in [1.82, 2.24) is 9.62 Å². The van der Waals surface area contributed by atoms with Gasteiger partial charge in [0.05, 0.1) is 17.8 Å². The third-order valence-electron chi connectivity index (χ3n) is 4.07. The van der Waals surface area contributed by atoms with E-state index in [0.717, 1.165) is 19.4 Å². The second-order valence-corrected chi connectivity index (χ2v) is 8.44. The molecule has 1 aliphatic rings. The Morgan fingerprint density at radius 3 is 2.71 bits per heavy atom. The van der Waals surface area contributed by atoms with E-state index in [1.165, 1.54) is 31.0 Å². The van der Waals surface area contributed by atoms with Gasteiger partial charge in [0, 0.05) is 19.6 Å². The Hall–Kier alpha value is -1.25. The van der Waals surface area contributed by atoms with Crippen LogP contribution in [0.15, 0.2) is 29.2 Å². The number of ether oxygens (including phenoxy) is 1. The van der Waals surface area contributed by atoms with Crippen molar-refractivity contribution in [1.29, 1.82) is 0 Å². The monoisotopic (exact) mass is 372 g/mol. The van der Waals surface area contributed by atoms with Crippen molar-refractivity contribution in [3.63, 3.8) is 0 Å². The summed E-state index contributed by atoms with van der Waals surface area (Å²) in [6.45, 7) is 1.73. The first-order valence-electron chi connectivity index (χ1n) is 7.86. The van der Waals surface area contributed by atoms with Crippen LogP contribution in [0.25, 0.3) is 0 Å². The Morgan fingerprint density at radius 2 is 2.08 bits per heavy atom. The predicted molar refractivity (Wildman–Crippen MR) is 95.9 cm³/mol. The number of thioether (sulfide) groups is 1. The summed E-state index contributed by atoms with van der Waals surface area (Å²) in [5.74, 6) is 1.37. The van der Waals surface area contributed by atoms with Gasteiger partial charge in [0.2, 0.25) is 15.9 Å². The molecule has 1 N–H and O–H groups in total. The smallest absolute Gasteiger partial charge is 0.240 e. The molecule has 0 spiro atoms. The second-order valence-electron chi connectivity index (χ2n) is 5.81. The number of carbonyl (C=O) groups excluding carboxylic acids is 1. The maximum Gasteiger partial charge on any atom is 0.240 e. The maximum absolute atomic E-state index is 12.4. The lowest BCUT2D eigenvalue weighted by Gasteiger charge is -2.32. The maximum atomic E-state index is 12.4. The highest BCUT2D eigenvalue weighted by molar-refractivity contribution is 7.99. The number of hydrogen-bond donors (Lipinski definition) is 1. The molecule has 1 aromatic rings. The number of hydrogen-bond acceptors (Lipinski definition) is 5. The topological polar surface area (TPSA) is 75.7 Å². The molecule has 6 nitrogen and oxygen atoms in total. The quantitative estimate of drug-likeness (QED) is 0.786. The molecule has 1 heterocycles. The minimum Gasteiger partial charge on any atom is -0.497 e. The van der Waals surface area contributed by atoms with E-state index in [4.69, 9.17) is 4.74 Å². The fourth-order valence-corrected chi connectivity index (χ4v) is 4.28. The van der Waals surface area contributed by atoms with E-state index >= 15 is 0 Å². The molecule has 2 rings (SSSR count). The third-order valence-corrected chi connectivity index (χ3v) is 6.05. The van der Waals surface area contributed by atoms with Crippen molar-refractivity contribution in [3.8, 4) is 5.75 Å². The van der Waals surface area contributed by atoms with E-state index in [0.29, 0.717) is 24.6 Å². The first kappa shape index (κ1) is 19.1. The van der Waals surface area contributed by atoms with Crippen molar-refractivity contribution >= 4 is 27.7 Å². The molecule has 0 aliphatic carbocycles. The average molecular weight is 373 g/mol. The summed E-state index contributed by atoms with van der Waals surface area (Å²) in [5.41, 5.74) is 0. The molecule has 0 bridgehead atoms. The fourth-order valence-electron chi connectivity index (χ4n) is 2.74. The number of likely N-dealkylation sites (tertiary alicyclic amines) is 1. The van der Waals surface area contributed by atoms with Crippen molar-refractivity contribution in [3.05, 3.63) is 24.3 Å². The molecule has 1 atom stereocenters. The SMILES string of the molecule is COc1ccc(S(=O)(=O)NC[C@@H]2CCCN(C(=O)CSC)C2)cc1. The van der Waals surface area contributed by atoms with Crippen LogP contribution >= 0.6 is 11.8 Å². The lowest BCUT2D eigenvalue weighted by Crippen LogP contribution is -2.44. The first-order valence-corrected chi connectivity index (χ1v) is 10.7. The number of piperidine rings is 1. The van der Waals surface area contributed by atoms with Crippen LogP contribution < -0.4 is 9.46 Å². The highest BCUT2D eigenvalue weighted by Crippen LogP contribution is 2.19. The molecular formula is C16H24N2O4S2. The van der Waals surface area contributed by atoms with Crippen molar-refractivity contribution < 1.29 is 17.9 Å². The van der Waals surface area contributed by atoms with E-state index in [9.17, 15) is 13.2 Å². The van der Waals surface area contributed by atoms with Gasteiger partial charge in [-0.1, -0.05) is 0 Å². The summed E-state index contributed by atoms with van der Waals surface area (Å²) in [6, 6.07) is 6.29. The van der Waals surface area contributed by atoms with Crippen molar-refractivity contribution in [2.45, 2.75) is 17.7 Å². The van der Waals surface area contributed by atoms with Gasteiger partial charge in [-0.3, -0.25) is 4.79 Å². The lowest BCUT2D eigenvalue weighted by molar-refractivity contribution is -0.130. The summed E-state index contributed by atoms with van der Waals surface area (Å²) >= 11 is 1.51. The summed E-state index contributed by atoms with van der Waals surface area (Å²) in [4.78, 5) is 14.0. The van der Waals surface area contributed by atoms with Gasteiger partial charge in [-0.15, -0.1) is 0 Å². The number of sulfonamides is 1. The number of benzene rings is 1. The van der Waals surface area contributed by atoms with Crippen LogP contribution in [0.5, 0.6) is 5.75 Å². The average Bonchev–Trinajstić information content (AvgIpc) is 2.60. The van der Waals surface area contributed by atoms with E-state index < -0.39 is 10.0 Å². The Kier molecular flexibility index (Phi) is 6.94. The van der Waals surface area contributed by atoms with Crippen molar-refractivity contribution in [2.24, 2.45) is 5.92 Å². The van der Waals surface area contributed by atoms with E-state index in [1.807, 2.05) is 11.2 Å². The lowest BCUT2D eigenvalue weighted by atomic mass is 9.98. The van der Waals surface area contributed by atoms with Gasteiger partial charge in [-0.2, -0.15) is 11.8 Å². The largest absolute Gasteiger partial charge is 0.497 e. The third kappa shape index (κ3) is 5.12. The second kappa shape index (κ2) is 8.73. The first-order chi connectivity index (χ1) is 11.5. The summed E-state index contributed by atoms with van der Waals surface area (Å²) in [6.07, 6.45) is 3.74. The van der Waals surface area contributed by atoms with Gasteiger partial charge in [0.25, 0.3) is 0 Å². The number of nitrogens with zero attached hydrogens (tertiary/aromatic N) is 1. The molecule has 1 aliphatic heterocycles. The van der Waals surface area contributed by atoms with Crippen LogP contribution in [0, 0.1) is 5.92 Å². The highest BCUT2D eigenvalue weighted by atomic mass is 32.2. The molecule has 0 aromatic heterocycles. The number of nitrogens with one attached hydrogen (secondary N) is 1. The molecular weight excluding hydrogens is 348 g/mol. The molecule has 1 fully saturated rings. The van der Waals surface area contributed by atoms with Gasteiger partial charge in [-0.25, -0.2) is 13.1 Å². The van der Waals surface area contributed by atoms with Crippen LogP contribution in [0.2, 0.25) is 0 Å². The normalized spacial score (nSPS) is 18.4. The Balaban J connectivity index is 1.92. The van der Waals surface area contributed by atoms with Crippen LogP contribution in [0.3, 0.4) is 0 Å². The highest BCUT2D eigenvalue weighted by Gasteiger charge is 2.25. The van der Waals surface area contributed by atoms with Gasteiger partial charge in [-0.05, 0) is 49.3 Å². The Bertz CT molecular complexity index is 647. The standard InChI is InChI=1S/C16H24N2O4S2/c1-22-14-5-7-15(8-6-14)24(20,21)17-10-13-4-3-9-18(11-13)16(19)12-23-2/h5-8,13,17H,3-4,9-12H2,1-2H3/t13-/m0/s1. The van der Waals surface area contributed by atoms with E-state index in [2.05, 4.69) is 4.72 Å². The zero-order valence-electron chi connectivity index (χ0n) is 14.0. The molecule has 8 heteroatoms.